The van der Waals surface area contributed by atoms with Crippen LogP contribution in [0.3, 0.4) is 0 Å². The third kappa shape index (κ3) is 2.33. The summed E-state index contributed by atoms with van der Waals surface area (Å²) >= 11 is 0. The summed E-state index contributed by atoms with van der Waals surface area (Å²) in [5.74, 6) is -0.544. The minimum Gasteiger partial charge on any atom is -0.495 e. The molecule has 5 heteroatoms. The fourth-order valence-corrected chi connectivity index (χ4v) is 0.941. The monoisotopic (exact) mass is 182 g/mol. The van der Waals surface area contributed by atoms with E-state index in [1.165, 1.54) is 13.3 Å². The largest absolute Gasteiger partial charge is 0.495 e. The molecule has 70 valence electrons. The number of nitrogen functional groups attached to an aromatic ring is 1. The lowest BCUT2D eigenvalue weighted by atomic mass is 10.2. The van der Waals surface area contributed by atoms with Crippen molar-refractivity contribution < 1.29 is 14.6 Å². The predicted octanol–water partition coefficient (Wildman–Crippen LogP) is 0.299. The lowest BCUT2D eigenvalue weighted by Crippen LogP contribution is -2.05. The van der Waals surface area contributed by atoms with Crippen molar-refractivity contribution in [1.29, 1.82) is 0 Å². The van der Waals surface area contributed by atoms with E-state index in [0.717, 1.165) is 0 Å². The third-order valence-corrected chi connectivity index (χ3v) is 1.49. The van der Waals surface area contributed by atoms with Gasteiger partial charge in [0.25, 0.3) is 0 Å². The first-order valence-electron chi connectivity index (χ1n) is 3.63. The van der Waals surface area contributed by atoms with Gasteiger partial charge in [-0.05, 0) is 0 Å². The second-order valence-corrected chi connectivity index (χ2v) is 2.49. The van der Waals surface area contributed by atoms with Crippen LogP contribution in [0.5, 0.6) is 5.75 Å². The van der Waals surface area contributed by atoms with Crippen LogP contribution < -0.4 is 10.5 Å². The molecule has 0 radical (unpaired) electrons. The Balaban J connectivity index is 2.99. The Morgan fingerprint density at radius 3 is 3.00 bits per heavy atom. The number of methoxy groups -OCH3 is 1. The van der Waals surface area contributed by atoms with Crippen molar-refractivity contribution in [3.63, 3.8) is 0 Å². The van der Waals surface area contributed by atoms with Crippen LogP contribution in [0.25, 0.3) is 0 Å². The number of rotatable bonds is 3. The summed E-state index contributed by atoms with van der Waals surface area (Å²) in [5, 5.41) is 8.53. The van der Waals surface area contributed by atoms with E-state index >= 15 is 0 Å². The van der Waals surface area contributed by atoms with E-state index in [4.69, 9.17) is 15.6 Å². The highest BCUT2D eigenvalue weighted by Gasteiger charge is 2.08. The van der Waals surface area contributed by atoms with Gasteiger partial charge in [0, 0.05) is 6.07 Å². The van der Waals surface area contributed by atoms with E-state index in [-0.39, 0.29) is 6.42 Å². The second-order valence-electron chi connectivity index (χ2n) is 2.49. The minimum atomic E-state index is -0.949. The van der Waals surface area contributed by atoms with Crippen molar-refractivity contribution in [3.05, 3.63) is 18.0 Å². The molecule has 13 heavy (non-hydrogen) atoms. The summed E-state index contributed by atoms with van der Waals surface area (Å²) in [6.45, 7) is 0. The Bertz CT molecular complexity index is 325. The van der Waals surface area contributed by atoms with Crippen molar-refractivity contribution in [2.75, 3.05) is 12.8 Å². The molecule has 1 heterocycles. The number of carbonyl (C=O) groups is 1. The molecule has 0 fully saturated rings. The van der Waals surface area contributed by atoms with Gasteiger partial charge < -0.3 is 15.6 Å². The first-order valence-corrected chi connectivity index (χ1v) is 3.63. The highest BCUT2D eigenvalue weighted by molar-refractivity contribution is 5.70. The minimum absolute atomic E-state index is 0.163. The van der Waals surface area contributed by atoms with Crippen molar-refractivity contribution in [2.45, 2.75) is 6.42 Å². The van der Waals surface area contributed by atoms with Crippen molar-refractivity contribution in [2.24, 2.45) is 0 Å². The van der Waals surface area contributed by atoms with Crippen molar-refractivity contribution in [1.82, 2.24) is 4.98 Å². The summed E-state index contributed by atoms with van der Waals surface area (Å²) < 4.78 is 4.92. The Labute approximate surface area is 75.2 Å². The molecule has 0 amide bonds. The molecule has 0 saturated carbocycles. The normalized spacial score (nSPS) is 9.62. The molecule has 1 aromatic heterocycles. The van der Waals surface area contributed by atoms with Crippen LogP contribution in [0.2, 0.25) is 0 Å². The Morgan fingerprint density at radius 1 is 1.77 bits per heavy atom. The van der Waals surface area contributed by atoms with Gasteiger partial charge in [-0.3, -0.25) is 9.78 Å². The molecular weight excluding hydrogens is 172 g/mol. The average Bonchev–Trinajstić information content (AvgIpc) is 2.07. The molecule has 0 atom stereocenters. The second kappa shape index (κ2) is 3.75. The van der Waals surface area contributed by atoms with Crippen LogP contribution in [0.4, 0.5) is 5.69 Å². The molecule has 1 rings (SSSR count). The SMILES string of the molecule is COc1cc(N)cnc1CC(=O)O. The van der Waals surface area contributed by atoms with Gasteiger partial charge in [-0.1, -0.05) is 0 Å². The standard InChI is InChI=1S/C8H10N2O3/c1-13-7-2-5(9)4-10-6(7)3-8(11)12/h2,4H,3,9H2,1H3,(H,11,12). The smallest absolute Gasteiger partial charge is 0.309 e. The molecule has 0 aliphatic rings. The van der Waals surface area contributed by atoms with Gasteiger partial charge in [0.2, 0.25) is 0 Å². The fraction of sp³-hybridized carbons (Fsp3) is 0.250. The summed E-state index contributed by atoms with van der Waals surface area (Å²) in [6.07, 6.45) is 1.24. The van der Waals surface area contributed by atoms with E-state index in [1.807, 2.05) is 0 Å². The molecule has 0 aliphatic carbocycles. The lowest BCUT2D eigenvalue weighted by molar-refractivity contribution is -0.136. The Hall–Kier alpha value is -1.78. The molecule has 5 nitrogen and oxygen atoms in total. The molecule has 3 N–H and O–H groups in total. The molecule has 0 spiro atoms. The summed E-state index contributed by atoms with van der Waals surface area (Å²) in [6, 6.07) is 1.55. The molecule has 0 saturated heterocycles. The van der Waals surface area contributed by atoms with Crippen LogP contribution in [0.1, 0.15) is 5.69 Å². The zero-order valence-electron chi connectivity index (χ0n) is 7.15. The predicted molar refractivity (Wildman–Crippen MR) is 46.5 cm³/mol. The highest BCUT2D eigenvalue weighted by atomic mass is 16.5. The van der Waals surface area contributed by atoms with Crippen molar-refractivity contribution in [3.8, 4) is 5.75 Å². The van der Waals surface area contributed by atoms with E-state index in [0.29, 0.717) is 17.1 Å². The Kier molecular flexibility index (Phi) is 2.69. The molecule has 0 bridgehead atoms. The average molecular weight is 182 g/mol. The molecule has 0 unspecified atom stereocenters. The van der Waals surface area contributed by atoms with E-state index in [9.17, 15) is 4.79 Å². The number of nitrogens with zero attached hydrogens (tertiary/aromatic N) is 1. The van der Waals surface area contributed by atoms with Crippen LogP contribution in [0, 0.1) is 0 Å². The van der Waals surface area contributed by atoms with E-state index in [2.05, 4.69) is 4.98 Å². The number of aromatic nitrogens is 1. The van der Waals surface area contributed by atoms with Crippen LogP contribution in [0.15, 0.2) is 12.3 Å². The van der Waals surface area contributed by atoms with Gasteiger partial charge in [0.1, 0.15) is 5.75 Å². The first-order chi connectivity index (χ1) is 6.13. The van der Waals surface area contributed by atoms with Gasteiger partial charge in [-0.25, -0.2) is 0 Å². The molecule has 0 aromatic carbocycles. The van der Waals surface area contributed by atoms with Crippen LogP contribution in [-0.4, -0.2) is 23.2 Å². The summed E-state index contributed by atoms with van der Waals surface area (Å²) in [4.78, 5) is 14.3. The quantitative estimate of drug-likeness (QED) is 0.702. The number of anilines is 1. The molecular formula is C8H10N2O3. The zero-order chi connectivity index (χ0) is 9.84. The van der Waals surface area contributed by atoms with Gasteiger partial charge in [0.15, 0.2) is 0 Å². The number of hydrogen-bond acceptors (Lipinski definition) is 4. The van der Waals surface area contributed by atoms with Gasteiger partial charge in [-0.2, -0.15) is 0 Å². The maximum atomic E-state index is 10.4. The molecule has 1 aromatic rings. The summed E-state index contributed by atoms with van der Waals surface area (Å²) in [5.41, 5.74) is 6.27. The van der Waals surface area contributed by atoms with Gasteiger partial charge in [0.05, 0.1) is 31.1 Å². The topological polar surface area (TPSA) is 85.4 Å². The number of carboxylic acids is 1. The van der Waals surface area contributed by atoms with Gasteiger partial charge >= 0.3 is 5.97 Å². The number of pyridine rings is 1. The highest BCUT2D eigenvalue weighted by Crippen LogP contribution is 2.18. The number of carboxylic acid groups (broad SMARTS) is 1. The first kappa shape index (κ1) is 9.31. The number of nitrogens with two attached hydrogens (primary N) is 1. The third-order valence-electron chi connectivity index (χ3n) is 1.49. The Morgan fingerprint density at radius 2 is 2.46 bits per heavy atom. The zero-order valence-corrected chi connectivity index (χ0v) is 7.15. The van der Waals surface area contributed by atoms with Crippen molar-refractivity contribution >= 4 is 11.7 Å². The fourth-order valence-electron chi connectivity index (χ4n) is 0.941. The van der Waals surface area contributed by atoms with Crippen LogP contribution in [-0.2, 0) is 11.2 Å². The maximum Gasteiger partial charge on any atom is 0.309 e. The van der Waals surface area contributed by atoms with Gasteiger partial charge in [-0.15, -0.1) is 0 Å². The number of hydrogen-bond donors (Lipinski definition) is 2. The summed E-state index contributed by atoms with van der Waals surface area (Å²) in [7, 11) is 1.45. The van der Waals surface area contributed by atoms with E-state index < -0.39 is 5.97 Å². The van der Waals surface area contributed by atoms with Crippen LogP contribution >= 0.6 is 0 Å². The maximum absolute atomic E-state index is 10.4. The number of ether oxygens (including phenoxy) is 1. The van der Waals surface area contributed by atoms with E-state index in [1.54, 1.807) is 6.07 Å². The number of aliphatic carboxylic acids is 1. The molecule has 0 aliphatic heterocycles. The lowest BCUT2D eigenvalue weighted by Gasteiger charge is -2.05.